The quantitative estimate of drug-likeness (QED) is 0.480. The zero-order valence-corrected chi connectivity index (χ0v) is 19.8. The fraction of sp³-hybridized carbons (Fsp3) is 0.571. The predicted octanol–water partition coefficient (Wildman–Crippen LogP) is 4.65. The van der Waals surface area contributed by atoms with Gasteiger partial charge >= 0.3 is 5.97 Å². The Morgan fingerprint density at radius 1 is 1.31 bits per heavy atom. The van der Waals surface area contributed by atoms with E-state index in [0.29, 0.717) is 37.4 Å². The third-order valence-corrected chi connectivity index (χ3v) is 8.19. The van der Waals surface area contributed by atoms with Crippen LogP contribution in [0.15, 0.2) is 16.6 Å². The van der Waals surface area contributed by atoms with E-state index in [4.69, 9.17) is 14.2 Å². The summed E-state index contributed by atoms with van der Waals surface area (Å²) in [6.07, 6.45) is 2.19. The van der Waals surface area contributed by atoms with Crippen molar-refractivity contribution in [1.29, 1.82) is 0 Å². The molecule has 1 spiro atoms. The van der Waals surface area contributed by atoms with E-state index in [1.54, 1.807) is 0 Å². The number of hydrogen-bond acceptors (Lipinski definition) is 4. The zero-order chi connectivity index (χ0) is 20.8. The Morgan fingerprint density at radius 3 is 2.69 bits per heavy atom. The van der Waals surface area contributed by atoms with Gasteiger partial charge in [0.25, 0.3) is 0 Å². The van der Waals surface area contributed by atoms with Crippen molar-refractivity contribution in [1.82, 2.24) is 4.57 Å². The van der Waals surface area contributed by atoms with Crippen LogP contribution in [-0.2, 0) is 33.8 Å². The monoisotopic (exact) mass is 481 g/mol. The van der Waals surface area contributed by atoms with E-state index in [9.17, 15) is 9.90 Å². The number of hydrogen-bond donors (Lipinski definition) is 1. The van der Waals surface area contributed by atoms with Crippen LogP contribution in [0.3, 0.4) is 0 Å². The van der Waals surface area contributed by atoms with Crippen LogP contribution >= 0.6 is 15.9 Å². The number of ether oxygens (including phenoxy) is 3. The van der Waals surface area contributed by atoms with Gasteiger partial charge < -0.3 is 23.9 Å². The molecule has 1 aromatic heterocycles. The van der Waals surface area contributed by atoms with Crippen molar-refractivity contribution in [3.05, 3.63) is 33.4 Å². The lowest BCUT2D eigenvalue weighted by Gasteiger charge is -2.32. The summed E-state index contributed by atoms with van der Waals surface area (Å²) in [6.45, 7) is 9.25. The molecule has 1 aliphatic heterocycles. The first-order valence-electron chi connectivity index (χ1n) is 10.1. The van der Waals surface area contributed by atoms with E-state index in [0.717, 1.165) is 41.0 Å². The van der Waals surface area contributed by atoms with Crippen LogP contribution in [0.4, 0.5) is 0 Å². The number of carbonyl (C=O) groups is 1. The predicted molar refractivity (Wildman–Crippen MR) is 117 cm³/mol. The Balaban J connectivity index is 1.76. The molecule has 1 aliphatic carbocycles. The minimum atomic E-state index is -1.19. The molecule has 2 heterocycles. The molecule has 0 unspecified atom stereocenters. The van der Waals surface area contributed by atoms with E-state index >= 15 is 0 Å². The van der Waals surface area contributed by atoms with Gasteiger partial charge in [-0.25, -0.2) is 4.79 Å². The lowest BCUT2D eigenvalue weighted by Crippen LogP contribution is -2.37. The largest absolute Gasteiger partial charge is 0.478 e. The molecule has 0 radical (unpaired) electrons. The van der Waals surface area contributed by atoms with Crippen molar-refractivity contribution in [2.75, 3.05) is 19.8 Å². The first kappa shape index (κ1) is 21.1. The normalized spacial score (nSPS) is 18.5. The second-order valence-electron chi connectivity index (χ2n) is 9.11. The van der Waals surface area contributed by atoms with E-state index < -0.39 is 19.8 Å². The maximum Gasteiger partial charge on any atom is 0.339 e. The molecular formula is C21H28BrNO5Si. The number of carboxylic acids is 1. The van der Waals surface area contributed by atoms with Crippen molar-refractivity contribution >= 4 is 40.9 Å². The lowest BCUT2D eigenvalue weighted by atomic mass is 9.90. The minimum Gasteiger partial charge on any atom is -0.478 e. The average molecular weight is 482 g/mol. The molecule has 0 bridgehead atoms. The van der Waals surface area contributed by atoms with Crippen LogP contribution in [0.1, 0.15) is 28.0 Å². The summed E-state index contributed by atoms with van der Waals surface area (Å²) in [5, 5.41) is 10.9. The number of nitrogens with zero attached hydrogens (tertiary/aromatic N) is 1. The van der Waals surface area contributed by atoms with Gasteiger partial charge in [0.15, 0.2) is 5.79 Å². The molecule has 2 aromatic rings. The fourth-order valence-corrected chi connectivity index (χ4v) is 5.56. The molecule has 2 aliphatic rings. The molecule has 0 atom stereocenters. The third-order valence-electron chi connectivity index (χ3n) is 5.83. The molecule has 6 nitrogen and oxygen atoms in total. The topological polar surface area (TPSA) is 69.9 Å². The molecular weight excluding hydrogens is 454 g/mol. The Morgan fingerprint density at radius 2 is 2.03 bits per heavy atom. The summed E-state index contributed by atoms with van der Waals surface area (Å²) in [5.41, 5.74) is 3.27. The van der Waals surface area contributed by atoms with Gasteiger partial charge in [-0.2, -0.15) is 0 Å². The van der Waals surface area contributed by atoms with Gasteiger partial charge in [0, 0.05) is 43.1 Å². The lowest BCUT2D eigenvalue weighted by molar-refractivity contribution is -0.164. The Kier molecular flexibility index (Phi) is 5.67. The second-order valence-corrected chi connectivity index (χ2v) is 15.6. The number of halogens is 1. The number of fused-ring (bicyclic) bond motifs is 3. The Hall–Kier alpha value is -1.19. The van der Waals surface area contributed by atoms with Crippen LogP contribution in [-0.4, -0.2) is 49.3 Å². The minimum absolute atomic E-state index is 0.285. The summed E-state index contributed by atoms with van der Waals surface area (Å²) >= 11 is 3.43. The highest BCUT2D eigenvalue weighted by Gasteiger charge is 2.42. The maximum atomic E-state index is 12.1. The Labute approximate surface area is 180 Å². The van der Waals surface area contributed by atoms with Crippen molar-refractivity contribution in [3.63, 3.8) is 0 Å². The summed E-state index contributed by atoms with van der Waals surface area (Å²) in [7, 11) is -1.19. The standard InChI is InChI=1S/C21H28BrNO5Si/c1-29(2,3)11-10-26-13-23-17-6-7-21(27-8-9-28-21)12-15(17)14-4-5-16(22)18(19(14)23)20(24)25/h4-5H,6-13H2,1-3H3,(H,24,25). The third kappa shape index (κ3) is 4.05. The van der Waals surface area contributed by atoms with Gasteiger partial charge in [0.05, 0.1) is 24.3 Å². The van der Waals surface area contributed by atoms with Crippen LogP contribution in [0.2, 0.25) is 25.7 Å². The van der Waals surface area contributed by atoms with Crippen LogP contribution in [0, 0.1) is 0 Å². The van der Waals surface area contributed by atoms with Crippen LogP contribution in [0.5, 0.6) is 0 Å². The number of aromatic nitrogens is 1. The molecule has 1 saturated heterocycles. The number of benzene rings is 1. The first-order valence-corrected chi connectivity index (χ1v) is 14.6. The fourth-order valence-electron chi connectivity index (χ4n) is 4.32. The van der Waals surface area contributed by atoms with Crippen molar-refractivity contribution in [2.24, 2.45) is 0 Å². The van der Waals surface area contributed by atoms with Gasteiger partial charge in [0.1, 0.15) is 6.73 Å². The van der Waals surface area contributed by atoms with Crippen molar-refractivity contribution in [3.8, 4) is 0 Å². The van der Waals surface area contributed by atoms with Crippen molar-refractivity contribution in [2.45, 2.75) is 57.5 Å². The highest BCUT2D eigenvalue weighted by Crippen LogP contribution is 2.42. The summed E-state index contributed by atoms with van der Waals surface area (Å²) < 4.78 is 20.6. The average Bonchev–Trinajstić information content (AvgIpc) is 3.20. The number of aromatic carboxylic acids is 1. The molecule has 0 amide bonds. The summed E-state index contributed by atoms with van der Waals surface area (Å²) in [6, 6.07) is 4.89. The van der Waals surface area contributed by atoms with E-state index in [2.05, 4.69) is 40.1 Å². The highest BCUT2D eigenvalue weighted by atomic mass is 79.9. The number of rotatable bonds is 6. The van der Waals surface area contributed by atoms with Gasteiger partial charge in [-0.15, -0.1) is 0 Å². The van der Waals surface area contributed by atoms with Gasteiger partial charge in [-0.3, -0.25) is 0 Å². The molecule has 1 aromatic carbocycles. The maximum absolute atomic E-state index is 12.1. The molecule has 1 N–H and O–H groups in total. The second kappa shape index (κ2) is 7.81. The van der Waals surface area contributed by atoms with Crippen LogP contribution in [0.25, 0.3) is 10.9 Å². The first-order chi connectivity index (χ1) is 13.7. The van der Waals surface area contributed by atoms with E-state index in [1.807, 2.05) is 12.1 Å². The smallest absolute Gasteiger partial charge is 0.339 e. The molecule has 8 heteroatoms. The number of carboxylic acid groups (broad SMARTS) is 1. The molecule has 4 rings (SSSR count). The molecule has 0 saturated carbocycles. The van der Waals surface area contributed by atoms with E-state index in [1.165, 1.54) is 0 Å². The van der Waals surface area contributed by atoms with Crippen molar-refractivity contribution < 1.29 is 24.1 Å². The van der Waals surface area contributed by atoms with Gasteiger partial charge in [0.2, 0.25) is 0 Å². The zero-order valence-electron chi connectivity index (χ0n) is 17.2. The van der Waals surface area contributed by atoms with Gasteiger partial charge in [-0.05, 0) is 40.0 Å². The molecule has 1 fully saturated rings. The summed E-state index contributed by atoms with van der Waals surface area (Å²) in [5.74, 6) is -1.51. The SMILES string of the molecule is C[Si](C)(C)CCOCn1c2c(c3ccc(Br)c(C(=O)O)c31)CC1(CC2)OCCO1. The van der Waals surface area contributed by atoms with E-state index in [-0.39, 0.29) is 5.56 Å². The summed E-state index contributed by atoms with van der Waals surface area (Å²) in [4.78, 5) is 12.1. The van der Waals surface area contributed by atoms with Crippen LogP contribution < -0.4 is 0 Å². The molecule has 158 valence electrons. The molecule has 29 heavy (non-hydrogen) atoms. The Bertz CT molecular complexity index is 943. The van der Waals surface area contributed by atoms with Gasteiger partial charge in [-0.1, -0.05) is 25.7 Å². The highest BCUT2D eigenvalue weighted by molar-refractivity contribution is 9.10.